The van der Waals surface area contributed by atoms with Gasteiger partial charge < -0.3 is 10.2 Å². The first-order chi connectivity index (χ1) is 13.3. The van der Waals surface area contributed by atoms with Gasteiger partial charge in [-0.1, -0.05) is 12.1 Å². The highest BCUT2D eigenvalue weighted by Gasteiger charge is 2.26. The first-order valence-corrected chi connectivity index (χ1v) is 9.00. The molecule has 3 aromatic rings. The zero-order chi connectivity index (χ0) is 18.5. The summed E-state index contributed by atoms with van der Waals surface area (Å²) in [6, 6.07) is 11.3. The molecule has 3 aromatic heterocycles. The molecule has 4 rings (SSSR count). The molecular weight excluding hydrogens is 340 g/mol. The number of anilines is 2. The molecule has 0 radical (unpaired) electrons. The van der Waals surface area contributed by atoms with Crippen molar-refractivity contribution in [1.82, 2.24) is 24.8 Å². The van der Waals surface area contributed by atoms with Gasteiger partial charge in [0.2, 0.25) is 0 Å². The monoisotopic (exact) mass is 360 g/mol. The fraction of sp³-hybridized carbons (Fsp3) is 0.250. The third-order valence-corrected chi connectivity index (χ3v) is 4.60. The Morgan fingerprint density at radius 2 is 2.00 bits per heavy atom. The van der Waals surface area contributed by atoms with Crippen molar-refractivity contribution in [2.75, 3.05) is 18.4 Å². The second kappa shape index (κ2) is 7.90. The van der Waals surface area contributed by atoms with E-state index >= 15 is 0 Å². The first-order valence-electron chi connectivity index (χ1n) is 9.00. The quantitative estimate of drug-likeness (QED) is 0.770. The van der Waals surface area contributed by atoms with Crippen molar-refractivity contribution in [2.24, 2.45) is 0 Å². The molecule has 1 aliphatic rings. The highest BCUT2D eigenvalue weighted by Crippen LogP contribution is 2.27. The fourth-order valence-corrected chi connectivity index (χ4v) is 3.30. The van der Waals surface area contributed by atoms with Crippen molar-refractivity contribution in [3.05, 3.63) is 72.6 Å². The Morgan fingerprint density at radius 1 is 1.04 bits per heavy atom. The summed E-state index contributed by atoms with van der Waals surface area (Å²) in [6.45, 7) is 1.40. The summed E-state index contributed by atoms with van der Waals surface area (Å²) in [7, 11) is 0. The van der Waals surface area contributed by atoms with Crippen LogP contribution in [0.2, 0.25) is 0 Å². The van der Waals surface area contributed by atoms with Gasteiger partial charge >= 0.3 is 0 Å². The molecule has 27 heavy (non-hydrogen) atoms. The molecule has 7 heteroatoms. The van der Waals surface area contributed by atoms with E-state index in [2.05, 4.69) is 20.3 Å². The van der Waals surface area contributed by atoms with Crippen LogP contribution in [0.1, 0.15) is 34.9 Å². The van der Waals surface area contributed by atoms with Crippen molar-refractivity contribution < 1.29 is 4.79 Å². The number of hydrogen-bond donors (Lipinski definition) is 1. The molecule has 1 saturated heterocycles. The predicted octanol–water partition coefficient (Wildman–Crippen LogP) is 3.03. The number of hydrogen-bond acceptors (Lipinski definition) is 6. The van der Waals surface area contributed by atoms with Gasteiger partial charge in [0.05, 0.1) is 6.20 Å². The average molecular weight is 360 g/mol. The van der Waals surface area contributed by atoms with Crippen molar-refractivity contribution in [1.29, 1.82) is 0 Å². The van der Waals surface area contributed by atoms with E-state index in [9.17, 15) is 4.79 Å². The number of nitrogens with one attached hydrogen (secondary N) is 1. The van der Waals surface area contributed by atoms with Crippen LogP contribution in [0.4, 0.5) is 11.6 Å². The van der Waals surface area contributed by atoms with Gasteiger partial charge in [0.1, 0.15) is 17.3 Å². The van der Waals surface area contributed by atoms with E-state index < -0.39 is 0 Å². The largest absolute Gasteiger partial charge is 0.337 e. The van der Waals surface area contributed by atoms with Gasteiger partial charge in [-0.2, -0.15) is 0 Å². The molecule has 1 aliphatic heterocycles. The Kier molecular flexibility index (Phi) is 5.00. The number of rotatable bonds is 4. The summed E-state index contributed by atoms with van der Waals surface area (Å²) in [5.74, 6) is 1.56. The van der Waals surface area contributed by atoms with Crippen LogP contribution in [-0.4, -0.2) is 43.8 Å². The van der Waals surface area contributed by atoms with Crippen LogP contribution in [0.15, 0.2) is 61.2 Å². The third-order valence-electron chi connectivity index (χ3n) is 4.60. The number of piperidine rings is 1. The van der Waals surface area contributed by atoms with Gasteiger partial charge in [0.15, 0.2) is 0 Å². The van der Waals surface area contributed by atoms with Gasteiger partial charge in [-0.05, 0) is 37.1 Å². The van der Waals surface area contributed by atoms with Crippen LogP contribution in [-0.2, 0) is 0 Å². The molecule has 0 unspecified atom stereocenters. The second-order valence-electron chi connectivity index (χ2n) is 6.47. The number of carbonyl (C=O) groups is 1. The van der Waals surface area contributed by atoms with E-state index in [0.717, 1.165) is 30.9 Å². The predicted molar refractivity (Wildman–Crippen MR) is 102 cm³/mol. The number of pyridine rings is 2. The minimum Gasteiger partial charge on any atom is -0.337 e. The van der Waals surface area contributed by atoms with Gasteiger partial charge in [-0.25, -0.2) is 9.97 Å². The molecule has 0 spiro atoms. The van der Waals surface area contributed by atoms with Crippen LogP contribution in [0.5, 0.6) is 0 Å². The Labute approximate surface area is 157 Å². The van der Waals surface area contributed by atoms with Crippen LogP contribution in [0, 0.1) is 0 Å². The lowest BCUT2D eigenvalue weighted by Crippen LogP contribution is -2.39. The Morgan fingerprint density at radius 3 is 2.81 bits per heavy atom. The Hall–Kier alpha value is -3.35. The van der Waals surface area contributed by atoms with Crippen molar-refractivity contribution >= 4 is 17.5 Å². The maximum atomic E-state index is 12.7. The minimum absolute atomic E-state index is 0.0193. The van der Waals surface area contributed by atoms with Crippen LogP contribution in [0.25, 0.3) is 0 Å². The molecule has 0 bridgehead atoms. The fourth-order valence-electron chi connectivity index (χ4n) is 3.30. The van der Waals surface area contributed by atoms with Crippen LogP contribution >= 0.6 is 0 Å². The molecule has 1 amide bonds. The lowest BCUT2D eigenvalue weighted by Gasteiger charge is -2.32. The molecule has 1 N–H and O–H groups in total. The Bertz CT molecular complexity index is 903. The Balaban J connectivity index is 1.48. The van der Waals surface area contributed by atoms with E-state index in [1.54, 1.807) is 30.9 Å². The summed E-state index contributed by atoms with van der Waals surface area (Å²) >= 11 is 0. The van der Waals surface area contributed by atoms with E-state index in [0.29, 0.717) is 18.1 Å². The normalized spacial score (nSPS) is 16.7. The number of carbonyl (C=O) groups excluding carboxylic acids is 1. The number of likely N-dealkylation sites (tertiary alicyclic amines) is 1. The van der Waals surface area contributed by atoms with E-state index in [1.165, 1.54) is 0 Å². The zero-order valence-electron chi connectivity index (χ0n) is 14.8. The second-order valence-corrected chi connectivity index (χ2v) is 6.47. The summed E-state index contributed by atoms with van der Waals surface area (Å²) in [6.07, 6.45) is 8.53. The molecule has 0 aliphatic carbocycles. The van der Waals surface area contributed by atoms with Gasteiger partial charge in [-0.15, -0.1) is 0 Å². The highest BCUT2D eigenvalue weighted by atomic mass is 16.2. The number of amides is 1. The number of aromatic nitrogens is 4. The summed E-state index contributed by atoms with van der Waals surface area (Å²) in [5.41, 5.74) is 1.46. The lowest BCUT2D eigenvalue weighted by atomic mass is 9.94. The molecule has 1 atom stereocenters. The zero-order valence-corrected chi connectivity index (χ0v) is 14.8. The first kappa shape index (κ1) is 17.1. The average Bonchev–Trinajstić information content (AvgIpc) is 2.75. The lowest BCUT2D eigenvalue weighted by molar-refractivity contribution is 0.0700. The summed E-state index contributed by atoms with van der Waals surface area (Å²) in [5, 5.41) is 3.17. The van der Waals surface area contributed by atoms with E-state index in [-0.39, 0.29) is 11.8 Å². The summed E-state index contributed by atoms with van der Waals surface area (Å²) in [4.78, 5) is 31.7. The standard InChI is InChI=1S/C20H20N6O/c27-20(17-6-1-2-9-22-17)26-12-4-5-15(14-26)16-7-3-8-18(24-16)25-19-13-21-10-11-23-19/h1-3,6-11,13,15H,4-5,12,14H2,(H,23,24,25)/t15-/m1/s1. The third kappa shape index (κ3) is 4.08. The van der Waals surface area contributed by atoms with Crippen molar-refractivity contribution in [2.45, 2.75) is 18.8 Å². The smallest absolute Gasteiger partial charge is 0.272 e. The van der Waals surface area contributed by atoms with Gasteiger partial charge in [-0.3, -0.25) is 14.8 Å². The summed E-state index contributed by atoms with van der Waals surface area (Å²) < 4.78 is 0. The molecular formula is C20H20N6O. The van der Waals surface area contributed by atoms with Crippen molar-refractivity contribution in [3.8, 4) is 0 Å². The topological polar surface area (TPSA) is 83.9 Å². The van der Waals surface area contributed by atoms with E-state index in [1.807, 2.05) is 35.2 Å². The molecule has 0 aromatic carbocycles. The van der Waals surface area contributed by atoms with Gasteiger partial charge in [0, 0.05) is 43.3 Å². The molecule has 1 fully saturated rings. The van der Waals surface area contributed by atoms with Crippen LogP contribution in [0.3, 0.4) is 0 Å². The molecule has 4 heterocycles. The van der Waals surface area contributed by atoms with Crippen LogP contribution < -0.4 is 5.32 Å². The van der Waals surface area contributed by atoms with Gasteiger partial charge in [0.25, 0.3) is 5.91 Å². The molecule has 0 saturated carbocycles. The maximum absolute atomic E-state index is 12.7. The highest BCUT2D eigenvalue weighted by molar-refractivity contribution is 5.92. The minimum atomic E-state index is -0.0193. The molecule has 7 nitrogen and oxygen atoms in total. The van der Waals surface area contributed by atoms with E-state index in [4.69, 9.17) is 4.98 Å². The number of nitrogens with zero attached hydrogens (tertiary/aromatic N) is 5. The maximum Gasteiger partial charge on any atom is 0.272 e. The van der Waals surface area contributed by atoms with Crippen molar-refractivity contribution in [3.63, 3.8) is 0 Å². The molecule has 136 valence electrons. The SMILES string of the molecule is O=C(c1ccccn1)N1CCC[C@@H](c2cccc(Nc3cnccn3)n2)C1.